The molecule has 0 fully saturated rings. The molecule has 3 heteroatoms. The molecule has 0 spiro atoms. The molecule has 0 atom stereocenters. The van der Waals surface area contributed by atoms with Crippen molar-refractivity contribution in [3.05, 3.63) is 58.7 Å². The third-order valence-corrected chi connectivity index (χ3v) is 4.61. The smallest absolute Gasteiger partial charge is 0.188 e. The second-order valence-electron chi connectivity index (χ2n) is 6.54. The molecule has 2 aromatic carbocycles. The fraction of sp³-hybridized carbons (Fsp3) is 0.429. The first-order valence-electron chi connectivity index (χ1n) is 8.34. The number of methoxy groups -OCH3 is 2. The third-order valence-electron chi connectivity index (χ3n) is 4.61. The molecule has 0 radical (unpaired) electrons. The zero-order valence-corrected chi connectivity index (χ0v) is 15.6. The van der Waals surface area contributed by atoms with E-state index in [2.05, 4.69) is 52.0 Å². The van der Waals surface area contributed by atoms with Crippen LogP contribution >= 0.6 is 0 Å². The van der Waals surface area contributed by atoms with Crippen LogP contribution in [0.2, 0.25) is 0 Å². The van der Waals surface area contributed by atoms with Gasteiger partial charge in [-0.25, -0.2) is 0 Å². The summed E-state index contributed by atoms with van der Waals surface area (Å²) in [5, 5.41) is 0. The van der Waals surface area contributed by atoms with E-state index >= 15 is 0 Å². The normalized spacial score (nSPS) is 11.4. The Kier molecular flexibility index (Phi) is 5.89. The minimum atomic E-state index is -0.0965. The summed E-state index contributed by atoms with van der Waals surface area (Å²) in [5.74, 6) is 1.82. The topological polar surface area (TPSA) is 27.7 Å². The average Bonchev–Trinajstić information content (AvgIpc) is 2.59. The van der Waals surface area contributed by atoms with E-state index < -0.39 is 0 Å². The number of hydrogen-bond donors (Lipinski definition) is 0. The Morgan fingerprint density at radius 2 is 1.54 bits per heavy atom. The van der Waals surface area contributed by atoms with Gasteiger partial charge in [0.2, 0.25) is 0 Å². The van der Waals surface area contributed by atoms with Crippen molar-refractivity contribution in [2.75, 3.05) is 21.0 Å². The Balaban J connectivity index is 2.39. The predicted molar refractivity (Wildman–Crippen MR) is 98.2 cm³/mol. The molecule has 0 bridgehead atoms. The van der Waals surface area contributed by atoms with E-state index in [9.17, 15) is 0 Å². The fourth-order valence-electron chi connectivity index (χ4n) is 2.94. The van der Waals surface area contributed by atoms with Crippen molar-refractivity contribution in [2.24, 2.45) is 0 Å². The lowest BCUT2D eigenvalue weighted by atomic mass is 9.77. The minimum absolute atomic E-state index is 0.0965. The number of rotatable bonds is 7. The number of ether oxygens (including phenoxy) is 3. The molecular formula is C21H28O3. The van der Waals surface area contributed by atoms with Crippen molar-refractivity contribution in [1.82, 2.24) is 0 Å². The van der Waals surface area contributed by atoms with Crippen LogP contribution in [-0.2, 0) is 16.6 Å². The van der Waals surface area contributed by atoms with Crippen LogP contribution in [0.4, 0.5) is 0 Å². The van der Waals surface area contributed by atoms with E-state index in [0.717, 1.165) is 23.5 Å². The first kappa shape index (κ1) is 18.3. The maximum atomic E-state index is 5.66. The van der Waals surface area contributed by atoms with E-state index in [1.807, 2.05) is 12.1 Å². The lowest BCUT2D eigenvalue weighted by molar-refractivity contribution is 0.0504. The molecule has 0 saturated heterocycles. The molecule has 0 saturated carbocycles. The van der Waals surface area contributed by atoms with E-state index in [1.54, 1.807) is 14.2 Å². The second kappa shape index (κ2) is 7.71. The standard InChI is InChI=1S/C21H28O3/c1-7-16-13-18(9-11-20(16)24-14-22-5)21(3,4)17-8-10-19(23-6)15(2)12-17/h8-13H,7,14H2,1-6H3. The van der Waals surface area contributed by atoms with Crippen LogP contribution in [0, 0.1) is 6.92 Å². The van der Waals surface area contributed by atoms with Gasteiger partial charge >= 0.3 is 0 Å². The molecule has 24 heavy (non-hydrogen) atoms. The molecule has 0 N–H and O–H groups in total. The number of aryl methyl sites for hydroxylation is 2. The van der Waals surface area contributed by atoms with Gasteiger partial charge in [-0.3, -0.25) is 0 Å². The van der Waals surface area contributed by atoms with E-state index in [0.29, 0.717) is 0 Å². The molecule has 2 rings (SSSR count). The van der Waals surface area contributed by atoms with Gasteiger partial charge in [-0.2, -0.15) is 0 Å². The van der Waals surface area contributed by atoms with Gasteiger partial charge < -0.3 is 14.2 Å². The van der Waals surface area contributed by atoms with Crippen LogP contribution in [0.15, 0.2) is 36.4 Å². The summed E-state index contributed by atoms with van der Waals surface area (Å²) in [6.07, 6.45) is 0.921. The monoisotopic (exact) mass is 328 g/mol. The average molecular weight is 328 g/mol. The summed E-state index contributed by atoms with van der Waals surface area (Å²) in [7, 11) is 3.34. The van der Waals surface area contributed by atoms with Crippen LogP contribution in [-0.4, -0.2) is 21.0 Å². The highest BCUT2D eigenvalue weighted by Gasteiger charge is 2.24. The van der Waals surface area contributed by atoms with Crippen molar-refractivity contribution in [3.8, 4) is 11.5 Å². The van der Waals surface area contributed by atoms with Gasteiger partial charge in [-0.05, 0) is 47.7 Å². The molecule has 0 aliphatic heterocycles. The molecule has 0 amide bonds. The van der Waals surface area contributed by atoms with Gasteiger partial charge in [-0.1, -0.05) is 45.0 Å². The fourth-order valence-corrected chi connectivity index (χ4v) is 2.94. The van der Waals surface area contributed by atoms with Crippen LogP contribution in [0.3, 0.4) is 0 Å². The summed E-state index contributed by atoms with van der Waals surface area (Å²) >= 11 is 0. The Morgan fingerprint density at radius 1 is 0.917 bits per heavy atom. The molecule has 0 aliphatic carbocycles. The quantitative estimate of drug-likeness (QED) is 0.678. The van der Waals surface area contributed by atoms with E-state index in [4.69, 9.17) is 14.2 Å². The SMILES string of the molecule is CCc1cc(C(C)(C)c2ccc(OC)c(C)c2)ccc1OCOC. The molecule has 130 valence electrons. The van der Waals surface area contributed by atoms with Gasteiger partial charge in [0.15, 0.2) is 6.79 Å². The third kappa shape index (κ3) is 3.73. The maximum Gasteiger partial charge on any atom is 0.188 e. The molecule has 0 unspecified atom stereocenters. The highest BCUT2D eigenvalue weighted by atomic mass is 16.7. The zero-order chi connectivity index (χ0) is 17.7. The van der Waals surface area contributed by atoms with Gasteiger partial charge in [-0.15, -0.1) is 0 Å². The summed E-state index contributed by atoms with van der Waals surface area (Å²) in [6.45, 7) is 8.99. The van der Waals surface area contributed by atoms with E-state index in [1.165, 1.54) is 16.7 Å². The predicted octanol–water partition coefficient (Wildman–Crippen LogP) is 4.87. The molecule has 3 nitrogen and oxygen atoms in total. The maximum absolute atomic E-state index is 5.66. The second-order valence-corrected chi connectivity index (χ2v) is 6.54. The highest BCUT2D eigenvalue weighted by Crippen LogP contribution is 2.36. The van der Waals surface area contributed by atoms with Crippen molar-refractivity contribution < 1.29 is 14.2 Å². The molecule has 2 aromatic rings. The van der Waals surface area contributed by atoms with Crippen LogP contribution < -0.4 is 9.47 Å². The summed E-state index contributed by atoms with van der Waals surface area (Å²) < 4.78 is 16.1. The largest absolute Gasteiger partial charge is 0.496 e. The van der Waals surface area contributed by atoms with Gasteiger partial charge in [0.05, 0.1) is 7.11 Å². The van der Waals surface area contributed by atoms with Crippen LogP contribution in [0.1, 0.15) is 43.0 Å². The molecule has 0 aromatic heterocycles. The first-order chi connectivity index (χ1) is 11.4. The Morgan fingerprint density at radius 3 is 2.08 bits per heavy atom. The lowest BCUT2D eigenvalue weighted by Gasteiger charge is -2.28. The first-order valence-corrected chi connectivity index (χ1v) is 8.34. The summed E-state index contributed by atoms with van der Waals surface area (Å²) in [6, 6.07) is 12.8. The lowest BCUT2D eigenvalue weighted by Crippen LogP contribution is -2.19. The number of benzene rings is 2. The van der Waals surface area contributed by atoms with Gasteiger partial charge in [0.25, 0.3) is 0 Å². The Bertz CT molecular complexity index is 689. The van der Waals surface area contributed by atoms with Crippen molar-refractivity contribution >= 4 is 0 Å². The van der Waals surface area contributed by atoms with Gasteiger partial charge in [0.1, 0.15) is 11.5 Å². The molecule has 0 aliphatic rings. The highest BCUT2D eigenvalue weighted by molar-refractivity contribution is 5.47. The van der Waals surface area contributed by atoms with Gasteiger partial charge in [0, 0.05) is 12.5 Å². The van der Waals surface area contributed by atoms with Crippen LogP contribution in [0.25, 0.3) is 0 Å². The zero-order valence-electron chi connectivity index (χ0n) is 15.6. The Hall–Kier alpha value is -2.00. The van der Waals surface area contributed by atoms with Crippen LogP contribution in [0.5, 0.6) is 11.5 Å². The van der Waals surface area contributed by atoms with E-state index in [-0.39, 0.29) is 12.2 Å². The minimum Gasteiger partial charge on any atom is -0.496 e. The molecular weight excluding hydrogens is 300 g/mol. The summed E-state index contributed by atoms with van der Waals surface area (Å²) in [4.78, 5) is 0. The van der Waals surface area contributed by atoms with Crippen molar-refractivity contribution in [2.45, 2.75) is 39.5 Å². The number of hydrogen-bond acceptors (Lipinski definition) is 3. The van der Waals surface area contributed by atoms with Crippen molar-refractivity contribution in [3.63, 3.8) is 0 Å². The summed E-state index contributed by atoms with van der Waals surface area (Å²) in [5.41, 5.74) is 4.80. The van der Waals surface area contributed by atoms with Crippen molar-refractivity contribution in [1.29, 1.82) is 0 Å². The Labute approximate surface area is 145 Å². The molecule has 0 heterocycles.